The Kier molecular flexibility index (Phi) is 5.02. The van der Waals surface area contributed by atoms with Crippen molar-refractivity contribution < 1.29 is 14.3 Å². The van der Waals surface area contributed by atoms with Gasteiger partial charge in [0.15, 0.2) is 0 Å². The number of rotatable bonds is 5. The second-order valence-electron chi connectivity index (χ2n) is 6.90. The summed E-state index contributed by atoms with van der Waals surface area (Å²) in [5, 5.41) is 5.75. The Morgan fingerprint density at radius 1 is 1.30 bits per heavy atom. The predicted molar refractivity (Wildman–Crippen MR) is 101 cm³/mol. The summed E-state index contributed by atoms with van der Waals surface area (Å²) >= 11 is 0. The molecule has 0 radical (unpaired) electrons. The number of ether oxygens (including phenoxy) is 1. The number of fused-ring (bicyclic) bond motifs is 1. The molecule has 3 amide bonds. The van der Waals surface area contributed by atoms with Gasteiger partial charge in [0.25, 0.3) is 0 Å². The maximum Gasteiger partial charge on any atom is 0.322 e. The monoisotopic (exact) mass is 366 g/mol. The number of aromatic nitrogens is 1. The quantitative estimate of drug-likeness (QED) is 0.852. The van der Waals surface area contributed by atoms with Crippen molar-refractivity contribution in [1.82, 2.24) is 9.88 Å². The van der Waals surface area contributed by atoms with E-state index in [2.05, 4.69) is 15.6 Å². The number of anilines is 2. The molecule has 1 aromatic carbocycles. The maximum atomic E-state index is 12.9. The Morgan fingerprint density at radius 2 is 2.15 bits per heavy atom. The molecule has 2 aliphatic heterocycles. The molecule has 1 fully saturated rings. The molecule has 4 rings (SSSR count). The molecule has 2 N–H and O–H groups in total. The number of pyridine rings is 1. The first-order chi connectivity index (χ1) is 13.2. The largest absolute Gasteiger partial charge is 0.376 e. The summed E-state index contributed by atoms with van der Waals surface area (Å²) in [6, 6.07) is 9.11. The van der Waals surface area contributed by atoms with Crippen LogP contribution < -0.4 is 10.6 Å². The lowest BCUT2D eigenvalue weighted by Gasteiger charge is -2.26. The molecule has 0 spiro atoms. The molecule has 0 saturated carbocycles. The van der Waals surface area contributed by atoms with Crippen molar-refractivity contribution in [2.45, 2.75) is 31.9 Å². The van der Waals surface area contributed by atoms with Crippen molar-refractivity contribution in [2.75, 3.05) is 23.8 Å². The van der Waals surface area contributed by atoms with Gasteiger partial charge in [-0.3, -0.25) is 9.78 Å². The Bertz CT molecular complexity index is 834. The number of urea groups is 1. The molecule has 7 heteroatoms. The van der Waals surface area contributed by atoms with E-state index < -0.39 is 0 Å². The molecule has 0 bridgehead atoms. The zero-order valence-electron chi connectivity index (χ0n) is 15.0. The maximum absolute atomic E-state index is 12.9. The first-order valence-electron chi connectivity index (χ1n) is 9.16. The van der Waals surface area contributed by atoms with Crippen molar-refractivity contribution >= 4 is 23.3 Å². The second kappa shape index (κ2) is 7.75. The molecule has 2 aromatic rings. The van der Waals surface area contributed by atoms with Crippen LogP contribution in [0.15, 0.2) is 42.7 Å². The number of benzene rings is 1. The smallest absolute Gasteiger partial charge is 0.322 e. The van der Waals surface area contributed by atoms with Crippen molar-refractivity contribution in [1.29, 1.82) is 0 Å². The first kappa shape index (κ1) is 17.5. The van der Waals surface area contributed by atoms with Gasteiger partial charge in [-0.05, 0) is 54.3 Å². The van der Waals surface area contributed by atoms with Gasteiger partial charge >= 0.3 is 6.03 Å². The van der Waals surface area contributed by atoms with Crippen molar-refractivity contribution in [2.24, 2.45) is 0 Å². The third-order valence-electron chi connectivity index (χ3n) is 4.84. The molecule has 1 saturated heterocycles. The van der Waals surface area contributed by atoms with E-state index in [4.69, 9.17) is 4.74 Å². The number of carbonyl (C=O) groups excluding carboxylic acids is 2. The molecule has 27 heavy (non-hydrogen) atoms. The number of nitrogens with zero attached hydrogens (tertiary/aromatic N) is 2. The minimum atomic E-state index is -0.181. The van der Waals surface area contributed by atoms with Crippen LogP contribution in [0, 0.1) is 0 Å². The molecule has 2 aliphatic rings. The Hall–Kier alpha value is -2.93. The Balaban J connectivity index is 1.47. The summed E-state index contributed by atoms with van der Waals surface area (Å²) < 4.78 is 5.71. The molecule has 1 aromatic heterocycles. The van der Waals surface area contributed by atoms with Crippen LogP contribution in [-0.4, -0.2) is 41.1 Å². The summed E-state index contributed by atoms with van der Waals surface area (Å²) in [6.45, 7) is 1.78. The first-order valence-corrected chi connectivity index (χ1v) is 9.16. The van der Waals surface area contributed by atoms with Crippen LogP contribution in [-0.2, 0) is 22.5 Å². The number of nitrogens with one attached hydrogen (secondary N) is 2. The van der Waals surface area contributed by atoms with E-state index >= 15 is 0 Å². The summed E-state index contributed by atoms with van der Waals surface area (Å²) in [5.74, 6) is -0.0221. The molecule has 7 nitrogen and oxygen atoms in total. The topological polar surface area (TPSA) is 83.6 Å². The fourth-order valence-corrected chi connectivity index (χ4v) is 3.47. The van der Waals surface area contributed by atoms with Gasteiger partial charge in [-0.2, -0.15) is 0 Å². The van der Waals surface area contributed by atoms with Gasteiger partial charge in [0.2, 0.25) is 5.91 Å². The highest BCUT2D eigenvalue weighted by atomic mass is 16.5. The van der Waals surface area contributed by atoms with Crippen molar-refractivity contribution in [3.8, 4) is 0 Å². The van der Waals surface area contributed by atoms with Crippen molar-refractivity contribution in [3.63, 3.8) is 0 Å². The lowest BCUT2D eigenvalue weighted by Crippen LogP contribution is -2.39. The fraction of sp³-hybridized carbons (Fsp3) is 0.350. The number of hydrogen-bond donors (Lipinski definition) is 2. The van der Waals surface area contributed by atoms with Gasteiger partial charge in [-0.15, -0.1) is 0 Å². The highest BCUT2D eigenvalue weighted by Crippen LogP contribution is 2.26. The molecule has 1 atom stereocenters. The fourth-order valence-electron chi connectivity index (χ4n) is 3.47. The normalized spacial score (nSPS) is 18.1. The summed E-state index contributed by atoms with van der Waals surface area (Å²) in [5.41, 5.74) is 3.41. The van der Waals surface area contributed by atoms with Crippen LogP contribution >= 0.6 is 0 Å². The predicted octanol–water partition coefficient (Wildman–Crippen LogP) is 2.79. The number of hydrogen-bond acceptors (Lipinski definition) is 4. The van der Waals surface area contributed by atoms with E-state index in [1.54, 1.807) is 23.4 Å². The molecule has 0 aliphatic carbocycles. The highest BCUT2D eigenvalue weighted by molar-refractivity contribution is 6.00. The number of carbonyl (C=O) groups is 2. The van der Waals surface area contributed by atoms with Crippen LogP contribution in [0.1, 0.15) is 24.0 Å². The van der Waals surface area contributed by atoms with Crippen LogP contribution in [0.25, 0.3) is 0 Å². The van der Waals surface area contributed by atoms with Gasteiger partial charge < -0.3 is 20.3 Å². The molecular weight excluding hydrogens is 344 g/mol. The summed E-state index contributed by atoms with van der Waals surface area (Å²) in [7, 11) is 0. The van der Waals surface area contributed by atoms with Gasteiger partial charge in [-0.1, -0.05) is 0 Å². The van der Waals surface area contributed by atoms with Crippen LogP contribution in [0.2, 0.25) is 0 Å². The third kappa shape index (κ3) is 4.25. The average molecular weight is 366 g/mol. The minimum Gasteiger partial charge on any atom is -0.376 e. The second-order valence-corrected chi connectivity index (χ2v) is 6.90. The Morgan fingerprint density at radius 3 is 2.93 bits per heavy atom. The highest BCUT2D eigenvalue weighted by Gasteiger charge is 2.24. The standard InChI is InChI=1S/C20H22N4O3/c25-19-11-15-10-16(3-4-18(15)23-19)22-20(26)24(13-17-2-1-9-27-17)12-14-5-7-21-8-6-14/h3-8,10,17H,1-2,9,11-13H2,(H,22,26)(H,23,25). The van der Waals surface area contributed by atoms with Crippen LogP contribution in [0.3, 0.4) is 0 Å². The third-order valence-corrected chi connectivity index (χ3v) is 4.84. The van der Waals surface area contributed by atoms with Crippen LogP contribution in [0.4, 0.5) is 16.2 Å². The lowest BCUT2D eigenvalue weighted by molar-refractivity contribution is -0.115. The lowest BCUT2D eigenvalue weighted by atomic mass is 10.1. The minimum absolute atomic E-state index is 0.0221. The SMILES string of the molecule is O=C1Cc2cc(NC(=O)N(Cc3ccncc3)CC3CCCO3)ccc2N1. The molecule has 1 unspecified atom stereocenters. The summed E-state index contributed by atoms with van der Waals surface area (Å²) in [6.07, 6.45) is 5.85. The van der Waals surface area contributed by atoms with E-state index in [1.165, 1.54) is 0 Å². The Labute approximate surface area is 157 Å². The van der Waals surface area contributed by atoms with Crippen molar-refractivity contribution in [3.05, 3.63) is 53.9 Å². The summed E-state index contributed by atoms with van der Waals surface area (Å²) in [4.78, 5) is 30.2. The van der Waals surface area contributed by atoms with Gasteiger partial charge in [0.05, 0.1) is 12.5 Å². The zero-order chi connectivity index (χ0) is 18.6. The van der Waals surface area contributed by atoms with Crippen LogP contribution in [0.5, 0.6) is 0 Å². The van der Waals surface area contributed by atoms with E-state index in [-0.39, 0.29) is 18.0 Å². The van der Waals surface area contributed by atoms with Gasteiger partial charge in [0, 0.05) is 43.5 Å². The van der Waals surface area contributed by atoms with E-state index in [0.29, 0.717) is 25.2 Å². The van der Waals surface area contributed by atoms with E-state index in [9.17, 15) is 9.59 Å². The van der Waals surface area contributed by atoms with E-state index in [1.807, 2.05) is 24.3 Å². The average Bonchev–Trinajstić information content (AvgIpc) is 3.30. The molecular formula is C20H22N4O3. The zero-order valence-corrected chi connectivity index (χ0v) is 15.0. The van der Waals surface area contributed by atoms with Gasteiger partial charge in [0.1, 0.15) is 0 Å². The van der Waals surface area contributed by atoms with E-state index in [0.717, 1.165) is 36.3 Å². The number of amides is 3. The molecule has 3 heterocycles. The van der Waals surface area contributed by atoms with Gasteiger partial charge in [-0.25, -0.2) is 4.79 Å². The molecule has 140 valence electrons.